The lowest BCUT2D eigenvalue weighted by molar-refractivity contribution is 0.588. The zero-order chi connectivity index (χ0) is 17.0. The molecule has 3 rings (SSSR count). The minimum absolute atomic E-state index is 0.137. The van der Waals surface area contributed by atoms with Gasteiger partial charge in [0, 0.05) is 4.47 Å². The summed E-state index contributed by atoms with van der Waals surface area (Å²) in [7, 11) is 0. The van der Waals surface area contributed by atoms with E-state index < -0.39 is 0 Å². The van der Waals surface area contributed by atoms with E-state index in [-0.39, 0.29) is 10.8 Å². The lowest BCUT2D eigenvalue weighted by Gasteiger charge is -2.22. The normalized spacial score (nSPS) is 13.0. The Morgan fingerprint density at radius 3 is 1.91 bits per heavy atom. The lowest BCUT2D eigenvalue weighted by atomic mass is 9.84. The molecule has 0 bridgehead atoms. The maximum atomic E-state index is 3.85. The Kier molecular flexibility index (Phi) is 3.84. The number of hydrogen-bond acceptors (Lipinski definition) is 0. The van der Waals surface area contributed by atoms with Crippen molar-refractivity contribution in [1.29, 1.82) is 0 Å². The van der Waals surface area contributed by atoms with Gasteiger partial charge in [0.15, 0.2) is 0 Å². The topological polar surface area (TPSA) is 0 Å². The van der Waals surface area contributed by atoms with E-state index in [9.17, 15) is 0 Å². The molecule has 0 aliphatic carbocycles. The molecule has 0 N–H and O–H groups in total. The Bertz CT molecular complexity index is 890. The monoisotopic (exact) mass is 368 g/mol. The van der Waals surface area contributed by atoms with Gasteiger partial charge in [0.05, 0.1) is 0 Å². The Morgan fingerprint density at radius 1 is 0.652 bits per heavy atom. The molecule has 1 heteroatoms. The molecule has 120 valence electrons. The molecule has 0 aliphatic heterocycles. The first kappa shape index (κ1) is 16.5. The van der Waals surface area contributed by atoms with Gasteiger partial charge in [-0.2, -0.15) is 0 Å². The highest BCUT2D eigenvalue weighted by Crippen LogP contribution is 2.37. The maximum Gasteiger partial charge on any atom is 0.0291 e. The highest BCUT2D eigenvalue weighted by atomic mass is 79.9. The minimum Gasteiger partial charge on any atom is -0.0579 e. The largest absolute Gasteiger partial charge is 0.0579 e. The first-order valence-corrected chi connectivity index (χ1v) is 9.04. The predicted octanol–water partition coefficient (Wildman–Crippen LogP) is 7.35. The second-order valence-electron chi connectivity index (χ2n) is 8.56. The van der Waals surface area contributed by atoms with Gasteiger partial charge in [-0.3, -0.25) is 0 Å². The van der Waals surface area contributed by atoms with Gasteiger partial charge in [0.2, 0.25) is 0 Å². The van der Waals surface area contributed by atoms with Gasteiger partial charge in [0.1, 0.15) is 0 Å². The molecule has 0 unspecified atom stereocenters. The van der Waals surface area contributed by atoms with E-state index >= 15 is 0 Å². The van der Waals surface area contributed by atoms with Crippen LogP contribution in [0.15, 0.2) is 46.9 Å². The standard InChI is InChI=1S/C22H25Br/c1-21(2,3)17-9-7-14-13-18-15(11-16(14)12-17)8-10-19(20(18)23)22(4,5)6/h7-13H,1-6H3. The van der Waals surface area contributed by atoms with Crippen molar-refractivity contribution in [1.82, 2.24) is 0 Å². The lowest BCUT2D eigenvalue weighted by Crippen LogP contribution is -2.12. The van der Waals surface area contributed by atoms with E-state index in [1.807, 2.05) is 0 Å². The van der Waals surface area contributed by atoms with Crippen LogP contribution in [-0.2, 0) is 10.8 Å². The fourth-order valence-corrected chi connectivity index (χ4v) is 4.15. The van der Waals surface area contributed by atoms with E-state index in [4.69, 9.17) is 0 Å². The predicted molar refractivity (Wildman–Crippen MR) is 107 cm³/mol. The molecule has 0 radical (unpaired) electrons. The van der Waals surface area contributed by atoms with Crippen LogP contribution in [0.3, 0.4) is 0 Å². The molecular formula is C22H25Br. The van der Waals surface area contributed by atoms with Crippen LogP contribution in [-0.4, -0.2) is 0 Å². The average molecular weight is 369 g/mol. The van der Waals surface area contributed by atoms with Crippen molar-refractivity contribution in [3.63, 3.8) is 0 Å². The third kappa shape index (κ3) is 3.04. The van der Waals surface area contributed by atoms with Crippen molar-refractivity contribution >= 4 is 37.5 Å². The van der Waals surface area contributed by atoms with Crippen molar-refractivity contribution < 1.29 is 0 Å². The van der Waals surface area contributed by atoms with Gasteiger partial charge in [-0.15, -0.1) is 0 Å². The van der Waals surface area contributed by atoms with E-state index in [1.54, 1.807) is 0 Å². The van der Waals surface area contributed by atoms with Gasteiger partial charge in [-0.05, 0) is 71.6 Å². The summed E-state index contributed by atoms with van der Waals surface area (Å²) < 4.78 is 1.23. The zero-order valence-corrected chi connectivity index (χ0v) is 16.5. The summed E-state index contributed by atoms with van der Waals surface area (Å²) in [6, 6.07) is 16.0. The Morgan fingerprint density at radius 2 is 1.30 bits per heavy atom. The van der Waals surface area contributed by atoms with Crippen LogP contribution in [0.4, 0.5) is 0 Å². The second kappa shape index (κ2) is 5.34. The zero-order valence-electron chi connectivity index (χ0n) is 14.9. The van der Waals surface area contributed by atoms with Crippen LogP contribution >= 0.6 is 15.9 Å². The van der Waals surface area contributed by atoms with Crippen LogP contribution < -0.4 is 0 Å². The number of halogens is 1. The van der Waals surface area contributed by atoms with Crippen LogP contribution in [0.1, 0.15) is 52.7 Å². The van der Waals surface area contributed by atoms with Gasteiger partial charge in [-0.25, -0.2) is 0 Å². The van der Waals surface area contributed by atoms with Crippen molar-refractivity contribution in [3.8, 4) is 0 Å². The van der Waals surface area contributed by atoms with Crippen LogP contribution in [0, 0.1) is 0 Å². The van der Waals surface area contributed by atoms with Crippen LogP contribution in [0.2, 0.25) is 0 Å². The first-order chi connectivity index (χ1) is 10.6. The summed E-state index contributed by atoms with van der Waals surface area (Å²) in [6.07, 6.45) is 0. The SMILES string of the molecule is CC(C)(C)c1ccc2cc3c(Br)c(C(C)(C)C)ccc3cc2c1. The molecule has 0 aromatic heterocycles. The van der Waals surface area contributed by atoms with Crippen molar-refractivity contribution in [2.45, 2.75) is 52.4 Å². The third-order valence-electron chi connectivity index (χ3n) is 4.59. The smallest absolute Gasteiger partial charge is 0.0291 e. The molecule has 0 heterocycles. The van der Waals surface area contributed by atoms with Crippen LogP contribution in [0.25, 0.3) is 21.5 Å². The van der Waals surface area contributed by atoms with E-state index in [0.717, 1.165) is 0 Å². The molecule has 23 heavy (non-hydrogen) atoms. The molecule has 3 aromatic rings. The van der Waals surface area contributed by atoms with E-state index in [2.05, 4.69) is 99.9 Å². The third-order valence-corrected chi connectivity index (χ3v) is 5.44. The molecule has 0 atom stereocenters. The molecule has 0 nitrogen and oxygen atoms in total. The minimum atomic E-state index is 0.137. The summed E-state index contributed by atoms with van der Waals surface area (Å²) in [5.74, 6) is 0. The molecule has 0 saturated carbocycles. The summed E-state index contributed by atoms with van der Waals surface area (Å²) in [4.78, 5) is 0. The van der Waals surface area contributed by atoms with Crippen molar-refractivity contribution in [3.05, 3.63) is 58.1 Å². The number of rotatable bonds is 0. The van der Waals surface area contributed by atoms with Gasteiger partial charge in [-0.1, -0.05) is 71.9 Å². The highest BCUT2D eigenvalue weighted by Gasteiger charge is 2.19. The molecule has 0 amide bonds. The second-order valence-corrected chi connectivity index (χ2v) is 9.36. The van der Waals surface area contributed by atoms with Gasteiger partial charge >= 0.3 is 0 Å². The average Bonchev–Trinajstić information content (AvgIpc) is 2.43. The Labute approximate surface area is 148 Å². The molecule has 3 aromatic carbocycles. The van der Waals surface area contributed by atoms with Gasteiger partial charge < -0.3 is 0 Å². The molecule has 0 aliphatic rings. The molecular weight excluding hydrogens is 344 g/mol. The van der Waals surface area contributed by atoms with E-state index in [1.165, 1.54) is 37.1 Å². The van der Waals surface area contributed by atoms with Crippen molar-refractivity contribution in [2.24, 2.45) is 0 Å². The first-order valence-electron chi connectivity index (χ1n) is 8.24. The highest BCUT2D eigenvalue weighted by molar-refractivity contribution is 9.10. The quantitative estimate of drug-likeness (QED) is 0.363. The number of benzene rings is 3. The Balaban J connectivity index is 2.29. The molecule has 0 spiro atoms. The maximum absolute atomic E-state index is 3.85. The van der Waals surface area contributed by atoms with E-state index in [0.29, 0.717) is 0 Å². The summed E-state index contributed by atoms with van der Waals surface area (Å²) in [5.41, 5.74) is 3.06. The number of fused-ring (bicyclic) bond motifs is 2. The fourth-order valence-electron chi connectivity index (χ4n) is 3.08. The Hall–Kier alpha value is -1.34. The number of hydrogen-bond donors (Lipinski definition) is 0. The summed E-state index contributed by atoms with van der Waals surface area (Å²) in [6.45, 7) is 13.6. The summed E-state index contributed by atoms with van der Waals surface area (Å²) in [5, 5.41) is 5.22. The van der Waals surface area contributed by atoms with Gasteiger partial charge in [0.25, 0.3) is 0 Å². The molecule has 0 saturated heterocycles. The van der Waals surface area contributed by atoms with Crippen LogP contribution in [0.5, 0.6) is 0 Å². The fraction of sp³-hybridized carbons (Fsp3) is 0.364. The van der Waals surface area contributed by atoms with Crippen molar-refractivity contribution in [2.75, 3.05) is 0 Å². The summed E-state index contributed by atoms with van der Waals surface area (Å²) >= 11 is 3.85. The molecule has 0 fully saturated rings.